The number of nitrogens with zero attached hydrogens (tertiary/aromatic N) is 1. The van der Waals surface area contributed by atoms with Crippen LogP contribution in [0.1, 0.15) is 84.9 Å². The zero-order valence-electron chi connectivity index (χ0n) is 21.2. The standard InChI is InChI=1S/C27H44N2O5/c1-5-16-19-12-15(30)10-11-26(19,3)23-20(31)13-27(4)17(7-8-18(27)22(23)24(16)32)14(2)6-9-21-28-25(33)34-29-21/h14-20,22-24,30-32H,5-13H2,1-4H3,(H,28,29,33)/t14-,15-,16-,17?,18?,19+,20+,22?,23?,24-,26+,27-/m1/s1. The first kappa shape index (κ1) is 24.5. The number of aromatic amines is 1. The molecule has 4 unspecified atom stereocenters. The molecular formula is C27H44N2O5. The number of aliphatic hydroxyl groups excluding tert-OH is 3. The normalized spacial score (nSPS) is 49.2. The molecule has 0 amide bonds. The van der Waals surface area contributed by atoms with E-state index < -0.39 is 18.0 Å². The number of hydrogen-bond donors (Lipinski definition) is 4. The Morgan fingerprint density at radius 3 is 2.59 bits per heavy atom. The van der Waals surface area contributed by atoms with E-state index in [9.17, 15) is 20.1 Å². The second-order valence-electron chi connectivity index (χ2n) is 12.8. The third kappa shape index (κ3) is 3.64. The summed E-state index contributed by atoms with van der Waals surface area (Å²) in [7, 11) is 0. The van der Waals surface area contributed by atoms with Gasteiger partial charge < -0.3 is 15.3 Å². The van der Waals surface area contributed by atoms with Gasteiger partial charge >= 0.3 is 5.76 Å². The van der Waals surface area contributed by atoms with E-state index in [4.69, 9.17) is 0 Å². The van der Waals surface area contributed by atoms with Crippen molar-refractivity contribution in [3.05, 3.63) is 16.4 Å². The number of aliphatic hydroxyl groups is 3. The van der Waals surface area contributed by atoms with Gasteiger partial charge in [-0.25, -0.2) is 4.79 Å². The Balaban J connectivity index is 1.41. The zero-order valence-corrected chi connectivity index (χ0v) is 21.2. The van der Waals surface area contributed by atoms with Crippen LogP contribution in [0.25, 0.3) is 0 Å². The van der Waals surface area contributed by atoms with Gasteiger partial charge in [0.15, 0.2) is 5.82 Å². The predicted molar refractivity (Wildman–Crippen MR) is 128 cm³/mol. The van der Waals surface area contributed by atoms with E-state index >= 15 is 0 Å². The number of hydrogen-bond acceptors (Lipinski definition) is 6. The fourth-order valence-electron chi connectivity index (χ4n) is 9.98. The first-order valence-electron chi connectivity index (χ1n) is 13.7. The fraction of sp³-hybridized carbons (Fsp3) is 0.926. The molecular weight excluding hydrogens is 432 g/mol. The Bertz CT molecular complexity index is 930. The highest BCUT2D eigenvalue weighted by atomic mass is 16.5. The van der Waals surface area contributed by atoms with Crippen molar-refractivity contribution in [1.29, 1.82) is 0 Å². The van der Waals surface area contributed by atoms with Crippen LogP contribution < -0.4 is 5.76 Å². The number of fused-ring (bicyclic) bond motifs is 5. The van der Waals surface area contributed by atoms with Crippen LogP contribution in [-0.4, -0.2) is 43.8 Å². The van der Waals surface area contributed by atoms with Gasteiger partial charge in [-0.05, 0) is 97.2 Å². The summed E-state index contributed by atoms with van der Waals surface area (Å²) in [5, 5.41) is 37.9. The minimum atomic E-state index is -0.504. The molecule has 0 saturated heterocycles. The maximum absolute atomic E-state index is 11.8. The van der Waals surface area contributed by atoms with Crippen molar-refractivity contribution in [3.63, 3.8) is 0 Å². The van der Waals surface area contributed by atoms with Crippen molar-refractivity contribution in [2.24, 2.45) is 52.3 Å². The molecule has 7 nitrogen and oxygen atoms in total. The summed E-state index contributed by atoms with van der Waals surface area (Å²) in [5.41, 5.74) is -0.0268. The number of rotatable bonds is 5. The molecule has 4 aliphatic rings. The van der Waals surface area contributed by atoms with Crippen LogP contribution in [0.4, 0.5) is 0 Å². The summed E-state index contributed by atoms with van der Waals surface area (Å²) >= 11 is 0. The van der Waals surface area contributed by atoms with Gasteiger partial charge in [0.2, 0.25) is 0 Å². The topological polar surface area (TPSA) is 120 Å². The Kier molecular flexibility index (Phi) is 6.30. The van der Waals surface area contributed by atoms with Gasteiger partial charge in [0.1, 0.15) is 0 Å². The van der Waals surface area contributed by atoms with Gasteiger partial charge in [-0.3, -0.25) is 9.51 Å². The summed E-state index contributed by atoms with van der Waals surface area (Å²) in [6.45, 7) is 9.20. The predicted octanol–water partition coefficient (Wildman–Crippen LogP) is 3.53. The largest absolute Gasteiger partial charge is 0.438 e. The molecule has 0 radical (unpaired) electrons. The highest BCUT2D eigenvalue weighted by Gasteiger charge is 2.67. The first-order chi connectivity index (χ1) is 16.1. The molecule has 0 aliphatic heterocycles. The van der Waals surface area contributed by atoms with Crippen LogP contribution in [0.15, 0.2) is 9.32 Å². The zero-order chi connectivity index (χ0) is 24.4. The minimum Gasteiger partial charge on any atom is -0.393 e. The van der Waals surface area contributed by atoms with Crippen LogP contribution in [0, 0.1) is 52.3 Å². The monoisotopic (exact) mass is 476 g/mol. The number of aromatic nitrogens is 2. The molecule has 5 rings (SSSR count). The number of H-pyrrole nitrogens is 1. The lowest BCUT2D eigenvalue weighted by atomic mass is 9.40. The van der Waals surface area contributed by atoms with E-state index in [2.05, 4.69) is 42.4 Å². The van der Waals surface area contributed by atoms with Gasteiger partial charge in [-0.1, -0.05) is 39.3 Å². The second-order valence-corrected chi connectivity index (χ2v) is 12.8. The third-order valence-corrected chi connectivity index (χ3v) is 11.4. The molecule has 7 heteroatoms. The van der Waals surface area contributed by atoms with E-state index in [0.29, 0.717) is 30.0 Å². The van der Waals surface area contributed by atoms with E-state index in [1.165, 1.54) is 0 Å². The quantitative estimate of drug-likeness (QED) is 0.516. The van der Waals surface area contributed by atoms with Crippen molar-refractivity contribution in [2.75, 3.05) is 0 Å². The van der Waals surface area contributed by atoms with E-state index in [0.717, 1.165) is 51.4 Å². The fourth-order valence-corrected chi connectivity index (χ4v) is 9.98. The SMILES string of the molecule is CC[C@H]1[C@@H](O)C2C3CCC([C@H](C)CCc4noc(=O)[nH]4)[C@@]3(C)C[C@H](O)C2[C@@]2(C)CC[C@@H](O)C[C@@H]12. The molecule has 12 atom stereocenters. The molecule has 4 saturated carbocycles. The second kappa shape index (κ2) is 8.74. The summed E-state index contributed by atoms with van der Waals surface area (Å²) in [6.07, 6.45) is 6.95. The Morgan fingerprint density at radius 1 is 1.15 bits per heavy atom. The highest BCUT2D eigenvalue weighted by Crippen LogP contribution is 2.69. The van der Waals surface area contributed by atoms with Crippen molar-refractivity contribution in [1.82, 2.24) is 10.1 Å². The lowest BCUT2D eigenvalue weighted by molar-refractivity contribution is -0.235. The molecule has 1 aromatic heterocycles. The molecule has 4 fully saturated rings. The summed E-state index contributed by atoms with van der Waals surface area (Å²) in [6, 6.07) is 0. The van der Waals surface area contributed by atoms with Gasteiger partial charge in [-0.15, -0.1) is 0 Å². The smallest absolute Gasteiger partial charge is 0.393 e. The average molecular weight is 477 g/mol. The van der Waals surface area contributed by atoms with E-state index in [1.54, 1.807) is 0 Å². The lowest BCUT2D eigenvalue weighted by Gasteiger charge is -2.66. The van der Waals surface area contributed by atoms with Crippen LogP contribution in [0.5, 0.6) is 0 Å². The van der Waals surface area contributed by atoms with Crippen LogP contribution in [-0.2, 0) is 6.42 Å². The summed E-state index contributed by atoms with van der Waals surface area (Å²) in [4.78, 5) is 13.9. The average Bonchev–Trinajstić information content (AvgIpc) is 3.35. The van der Waals surface area contributed by atoms with Crippen molar-refractivity contribution < 1.29 is 19.8 Å². The molecule has 0 aromatic carbocycles. The molecule has 4 aliphatic carbocycles. The van der Waals surface area contributed by atoms with Crippen molar-refractivity contribution in [2.45, 2.75) is 104 Å². The maximum Gasteiger partial charge on any atom is 0.438 e. The molecule has 1 aromatic rings. The van der Waals surface area contributed by atoms with Gasteiger partial charge in [0, 0.05) is 6.42 Å². The number of aryl methyl sites for hydroxylation is 1. The highest BCUT2D eigenvalue weighted by molar-refractivity contribution is 5.15. The molecule has 1 heterocycles. The summed E-state index contributed by atoms with van der Waals surface area (Å²) in [5.74, 6) is 2.10. The third-order valence-electron chi connectivity index (χ3n) is 11.4. The van der Waals surface area contributed by atoms with Crippen LogP contribution >= 0.6 is 0 Å². The summed E-state index contributed by atoms with van der Waals surface area (Å²) < 4.78 is 4.66. The van der Waals surface area contributed by atoms with Gasteiger partial charge in [0.05, 0.1) is 18.3 Å². The van der Waals surface area contributed by atoms with Crippen molar-refractivity contribution in [3.8, 4) is 0 Å². The maximum atomic E-state index is 11.8. The van der Waals surface area contributed by atoms with Crippen LogP contribution in [0.2, 0.25) is 0 Å². The van der Waals surface area contributed by atoms with E-state index in [-0.39, 0.29) is 40.6 Å². The molecule has 34 heavy (non-hydrogen) atoms. The molecule has 0 bridgehead atoms. The Labute approximate surface area is 202 Å². The molecule has 0 spiro atoms. The number of nitrogens with one attached hydrogen (secondary N) is 1. The van der Waals surface area contributed by atoms with Crippen LogP contribution in [0.3, 0.4) is 0 Å². The van der Waals surface area contributed by atoms with Gasteiger partial charge in [0.25, 0.3) is 0 Å². The Hall–Kier alpha value is -1.18. The molecule has 192 valence electrons. The van der Waals surface area contributed by atoms with Crippen molar-refractivity contribution >= 4 is 0 Å². The first-order valence-corrected chi connectivity index (χ1v) is 13.7. The van der Waals surface area contributed by atoms with Gasteiger partial charge in [-0.2, -0.15) is 0 Å². The molecule has 4 N–H and O–H groups in total. The minimum absolute atomic E-state index is 0.00607. The van der Waals surface area contributed by atoms with E-state index in [1.807, 2.05) is 0 Å². The lowest BCUT2D eigenvalue weighted by Crippen LogP contribution is -2.65. The Morgan fingerprint density at radius 2 is 1.91 bits per heavy atom.